The van der Waals surface area contributed by atoms with Crippen molar-refractivity contribution in [3.63, 3.8) is 0 Å². The van der Waals surface area contributed by atoms with Gasteiger partial charge in [-0.3, -0.25) is 4.79 Å². The largest absolute Gasteiger partial charge is 0.467 e. The van der Waals surface area contributed by atoms with Crippen LogP contribution in [0, 0.1) is 0 Å². The minimum atomic E-state index is -0.209. The molecule has 34 heavy (non-hydrogen) atoms. The van der Waals surface area contributed by atoms with Crippen LogP contribution in [0.15, 0.2) is 83.6 Å². The second-order valence-corrected chi connectivity index (χ2v) is 7.91. The van der Waals surface area contributed by atoms with Gasteiger partial charge in [0, 0.05) is 12.1 Å². The number of carbonyl (C=O) groups excluding carboxylic acids is 1. The van der Waals surface area contributed by atoms with E-state index in [1.165, 1.54) is 0 Å². The Balaban J connectivity index is 1.35. The van der Waals surface area contributed by atoms with Gasteiger partial charge in [-0.2, -0.15) is 5.10 Å². The van der Waals surface area contributed by atoms with E-state index < -0.39 is 0 Å². The lowest BCUT2D eigenvalue weighted by atomic mass is 10.1. The fourth-order valence-electron chi connectivity index (χ4n) is 3.99. The van der Waals surface area contributed by atoms with Gasteiger partial charge in [-0.25, -0.2) is 9.67 Å². The quantitative estimate of drug-likeness (QED) is 0.411. The minimum Gasteiger partial charge on any atom is -0.467 e. The van der Waals surface area contributed by atoms with Crippen LogP contribution in [0.4, 0.5) is 0 Å². The molecule has 3 aromatic heterocycles. The van der Waals surface area contributed by atoms with E-state index >= 15 is 0 Å². The van der Waals surface area contributed by atoms with Crippen LogP contribution in [0.3, 0.4) is 0 Å². The van der Waals surface area contributed by atoms with Gasteiger partial charge in [0.15, 0.2) is 17.1 Å². The van der Waals surface area contributed by atoms with Crippen molar-refractivity contribution in [3.05, 3.63) is 96.1 Å². The number of nitrogens with zero attached hydrogens (tertiary/aromatic N) is 3. The molecule has 1 amide bonds. The number of furan rings is 1. The molecule has 5 aromatic rings. The molecular formula is C26H20N4O4. The molecule has 168 valence electrons. The van der Waals surface area contributed by atoms with Crippen LogP contribution in [0.1, 0.15) is 21.7 Å². The number of nitrogens with one attached hydrogen (secondary N) is 1. The summed E-state index contributed by atoms with van der Waals surface area (Å²) < 4.78 is 18.0. The number of hydrogen-bond donors (Lipinski definition) is 1. The zero-order valence-corrected chi connectivity index (χ0v) is 18.1. The molecule has 0 saturated heterocycles. The van der Waals surface area contributed by atoms with Crippen LogP contribution in [0.2, 0.25) is 0 Å². The number of rotatable bonds is 6. The van der Waals surface area contributed by atoms with Crippen molar-refractivity contribution in [1.82, 2.24) is 20.1 Å². The number of carbonyl (C=O) groups is 1. The number of pyridine rings is 1. The van der Waals surface area contributed by atoms with Gasteiger partial charge in [0.1, 0.15) is 12.3 Å². The van der Waals surface area contributed by atoms with Crippen LogP contribution in [0.25, 0.3) is 22.3 Å². The summed E-state index contributed by atoms with van der Waals surface area (Å²) >= 11 is 0. The van der Waals surface area contributed by atoms with E-state index in [0.717, 1.165) is 16.9 Å². The Morgan fingerprint density at radius 3 is 2.74 bits per heavy atom. The van der Waals surface area contributed by atoms with Gasteiger partial charge in [-0.05, 0) is 35.9 Å². The lowest BCUT2D eigenvalue weighted by molar-refractivity contribution is 0.0952. The Kier molecular flexibility index (Phi) is 4.95. The molecule has 0 radical (unpaired) electrons. The molecule has 8 heteroatoms. The molecule has 0 saturated carbocycles. The molecule has 6 rings (SSSR count). The molecule has 0 spiro atoms. The fourth-order valence-corrected chi connectivity index (χ4v) is 3.99. The van der Waals surface area contributed by atoms with Gasteiger partial charge in [0.05, 0.1) is 29.1 Å². The SMILES string of the molecule is O=C(NCc1ccc2c(c1)OCO2)c1cc(-c2ccccc2)nc2c1cnn2Cc1ccco1. The third-order valence-corrected chi connectivity index (χ3v) is 5.70. The van der Waals surface area contributed by atoms with Gasteiger partial charge < -0.3 is 19.2 Å². The summed E-state index contributed by atoms with van der Waals surface area (Å²) in [4.78, 5) is 18.2. The van der Waals surface area contributed by atoms with Gasteiger partial charge in [0.25, 0.3) is 5.91 Å². The lowest BCUT2D eigenvalue weighted by Crippen LogP contribution is -2.23. The first-order valence-corrected chi connectivity index (χ1v) is 10.9. The average molecular weight is 452 g/mol. The first kappa shape index (κ1) is 20.0. The third kappa shape index (κ3) is 3.75. The van der Waals surface area contributed by atoms with Gasteiger partial charge in [-0.1, -0.05) is 36.4 Å². The highest BCUT2D eigenvalue weighted by atomic mass is 16.7. The predicted molar refractivity (Wildman–Crippen MR) is 125 cm³/mol. The molecule has 1 aliphatic rings. The lowest BCUT2D eigenvalue weighted by Gasteiger charge is -2.10. The summed E-state index contributed by atoms with van der Waals surface area (Å²) in [6.07, 6.45) is 3.30. The first-order chi connectivity index (χ1) is 16.7. The van der Waals surface area contributed by atoms with Gasteiger partial charge in [-0.15, -0.1) is 0 Å². The molecule has 0 aliphatic carbocycles. The van der Waals surface area contributed by atoms with Crippen LogP contribution in [-0.4, -0.2) is 27.5 Å². The van der Waals surface area contributed by atoms with E-state index in [0.29, 0.717) is 46.9 Å². The highest BCUT2D eigenvalue weighted by Crippen LogP contribution is 2.32. The van der Waals surface area contributed by atoms with Gasteiger partial charge in [0.2, 0.25) is 6.79 Å². The Hall–Kier alpha value is -4.59. The van der Waals surface area contributed by atoms with Crippen molar-refractivity contribution < 1.29 is 18.7 Å². The van der Waals surface area contributed by atoms with E-state index in [9.17, 15) is 4.79 Å². The average Bonchev–Trinajstić information content (AvgIpc) is 3.64. The van der Waals surface area contributed by atoms with Crippen LogP contribution >= 0.6 is 0 Å². The van der Waals surface area contributed by atoms with Crippen molar-refractivity contribution in [2.45, 2.75) is 13.1 Å². The summed E-state index contributed by atoms with van der Waals surface area (Å²) in [5.41, 5.74) is 3.66. The second-order valence-electron chi connectivity index (χ2n) is 7.91. The standard InChI is InChI=1S/C26H20N4O4/c31-26(27-13-17-8-9-23-24(11-17)34-16-33-23)20-12-22(18-5-2-1-3-6-18)29-25-21(20)14-28-30(25)15-19-7-4-10-32-19/h1-12,14H,13,15-16H2,(H,27,31). The smallest absolute Gasteiger partial charge is 0.252 e. The van der Waals surface area contributed by atoms with Crippen molar-refractivity contribution in [3.8, 4) is 22.8 Å². The van der Waals surface area contributed by atoms with Crippen LogP contribution in [0.5, 0.6) is 11.5 Å². The number of fused-ring (bicyclic) bond motifs is 2. The highest BCUT2D eigenvalue weighted by molar-refractivity contribution is 6.06. The number of hydrogen-bond acceptors (Lipinski definition) is 6. The summed E-state index contributed by atoms with van der Waals surface area (Å²) in [6.45, 7) is 0.977. The Bertz CT molecular complexity index is 1480. The molecule has 0 unspecified atom stereocenters. The van der Waals surface area contributed by atoms with Crippen molar-refractivity contribution in [1.29, 1.82) is 0 Å². The first-order valence-electron chi connectivity index (χ1n) is 10.9. The minimum absolute atomic E-state index is 0.209. The van der Waals surface area contributed by atoms with E-state index in [4.69, 9.17) is 18.9 Å². The highest BCUT2D eigenvalue weighted by Gasteiger charge is 2.19. The number of aromatic nitrogens is 3. The molecule has 8 nitrogen and oxygen atoms in total. The maximum absolute atomic E-state index is 13.3. The number of benzene rings is 2. The normalized spacial score (nSPS) is 12.2. The maximum Gasteiger partial charge on any atom is 0.252 e. The van der Waals surface area contributed by atoms with Crippen molar-refractivity contribution in [2.75, 3.05) is 6.79 Å². The Morgan fingerprint density at radius 1 is 1.00 bits per heavy atom. The number of amides is 1. The van der Waals surface area contributed by atoms with E-state index in [1.54, 1.807) is 17.1 Å². The van der Waals surface area contributed by atoms with E-state index in [2.05, 4.69) is 10.4 Å². The molecule has 1 N–H and O–H groups in total. The number of ether oxygens (including phenoxy) is 2. The third-order valence-electron chi connectivity index (χ3n) is 5.70. The monoisotopic (exact) mass is 452 g/mol. The topological polar surface area (TPSA) is 91.4 Å². The maximum atomic E-state index is 13.3. The molecule has 2 aromatic carbocycles. The van der Waals surface area contributed by atoms with E-state index in [1.807, 2.05) is 66.7 Å². The van der Waals surface area contributed by atoms with Gasteiger partial charge >= 0.3 is 0 Å². The Morgan fingerprint density at radius 2 is 1.88 bits per heavy atom. The summed E-state index contributed by atoms with van der Waals surface area (Å²) in [7, 11) is 0. The van der Waals surface area contributed by atoms with Crippen molar-refractivity contribution >= 4 is 16.9 Å². The zero-order valence-electron chi connectivity index (χ0n) is 18.1. The van der Waals surface area contributed by atoms with Crippen LogP contribution < -0.4 is 14.8 Å². The molecule has 0 atom stereocenters. The summed E-state index contributed by atoms with van der Waals surface area (Å²) in [5, 5.41) is 8.18. The van der Waals surface area contributed by atoms with Crippen molar-refractivity contribution in [2.24, 2.45) is 0 Å². The molecule has 1 aliphatic heterocycles. The fraction of sp³-hybridized carbons (Fsp3) is 0.115. The molecule has 0 fully saturated rings. The predicted octanol–water partition coefficient (Wildman–Crippen LogP) is 4.40. The van der Waals surface area contributed by atoms with E-state index in [-0.39, 0.29) is 12.7 Å². The molecule has 0 bridgehead atoms. The second kappa shape index (κ2) is 8.40. The summed E-state index contributed by atoms with van der Waals surface area (Å²) in [5.74, 6) is 1.94. The Labute approximate surface area is 194 Å². The zero-order chi connectivity index (χ0) is 22.9. The molecular weight excluding hydrogens is 432 g/mol. The molecule has 4 heterocycles. The van der Waals surface area contributed by atoms with Crippen LogP contribution in [-0.2, 0) is 13.1 Å². The summed E-state index contributed by atoms with van der Waals surface area (Å²) in [6, 6.07) is 20.9.